The summed E-state index contributed by atoms with van der Waals surface area (Å²) >= 11 is 6.34. The number of fused-ring (bicyclic) bond motifs is 8. The standard InChI is InChI=1S/C20H22ClN/c1-4-12-22-19(3)15-8-6-7-9-16(15)20(22,5-2)17-11-10-14(21)13-18(17)19/h6-11,13H,4-5,12H2,1-3H3. The largest absolute Gasteiger partial charge is 0.276 e. The SMILES string of the molecule is CCCN1C2(C)c3ccccc3C1(CC)c1ccc(Cl)cc12. The number of hydrogen-bond donors (Lipinski definition) is 0. The molecule has 0 fully saturated rings. The van der Waals surface area contributed by atoms with Crippen molar-refractivity contribution in [2.24, 2.45) is 0 Å². The smallest absolute Gasteiger partial charge is 0.0729 e. The van der Waals surface area contributed by atoms with Gasteiger partial charge in [0.15, 0.2) is 0 Å². The first-order valence-electron chi connectivity index (χ1n) is 8.29. The summed E-state index contributed by atoms with van der Waals surface area (Å²) in [6.45, 7) is 8.06. The topological polar surface area (TPSA) is 3.24 Å². The lowest BCUT2D eigenvalue weighted by atomic mass is 9.72. The maximum absolute atomic E-state index is 6.34. The van der Waals surface area contributed by atoms with Crippen LogP contribution in [-0.4, -0.2) is 11.4 Å². The summed E-state index contributed by atoms with van der Waals surface area (Å²) < 4.78 is 0. The van der Waals surface area contributed by atoms with Crippen molar-refractivity contribution >= 4 is 11.6 Å². The molecular weight excluding hydrogens is 290 g/mol. The second kappa shape index (κ2) is 4.59. The predicted octanol–water partition coefficient (Wildman–Crippen LogP) is 5.30. The summed E-state index contributed by atoms with van der Waals surface area (Å²) in [5, 5.41) is 0.840. The molecule has 2 heteroatoms. The highest BCUT2D eigenvalue weighted by molar-refractivity contribution is 6.30. The van der Waals surface area contributed by atoms with Crippen LogP contribution in [0.5, 0.6) is 0 Å². The molecule has 2 atom stereocenters. The first kappa shape index (κ1) is 14.3. The Bertz CT molecular complexity index is 753. The molecule has 114 valence electrons. The van der Waals surface area contributed by atoms with E-state index in [1.807, 2.05) is 0 Å². The molecule has 4 rings (SSSR count). The Kier molecular flexibility index (Phi) is 2.99. The summed E-state index contributed by atoms with van der Waals surface area (Å²) in [4.78, 5) is 2.71. The summed E-state index contributed by atoms with van der Waals surface area (Å²) in [5.41, 5.74) is 5.76. The Hall–Kier alpha value is -1.31. The Morgan fingerprint density at radius 3 is 2.32 bits per heavy atom. The van der Waals surface area contributed by atoms with Crippen molar-refractivity contribution in [3.8, 4) is 0 Å². The lowest BCUT2D eigenvalue weighted by Crippen LogP contribution is -2.44. The summed E-state index contributed by atoms with van der Waals surface area (Å²) in [6.07, 6.45) is 2.25. The molecule has 22 heavy (non-hydrogen) atoms. The third kappa shape index (κ3) is 1.40. The van der Waals surface area contributed by atoms with Gasteiger partial charge in [-0.3, -0.25) is 4.90 Å². The van der Waals surface area contributed by atoms with Crippen molar-refractivity contribution in [3.05, 3.63) is 69.7 Å². The molecule has 2 bridgehead atoms. The van der Waals surface area contributed by atoms with Gasteiger partial charge in [-0.15, -0.1) is 0 Å². The molecule has 2 aliphatic heterocycles. The molecule has 2 aromatic rings. The van der Waals surface area contributed by atoms with Gasteiger partial charge in [-0.25, -0.2) is 0 Å². The molecule has 0 amide bonds. The summed E-state index contributed by atoms with van der Waals surface area (Å²) in [5.74, 6) is 0. The average Bonchev–Trinajstić information content (AvgIpc) is 2.88. The summed E-state index contributed by atoms with van der Waals surface area (Å²) in [7, 11) is 0. The first-order valence-corrected chi connectivity index (χ1v) is 8.66. The van der Waals surface area contributed by atoms with Gasteiger partial charge in [-0.05, 0) is 54.2 Å². The van der Waals surface area contributed by atoms with Crippen molar-refractivity contribution in [1.29, 1.82) is 0 Å². The van der Waals surface area contributed by atoms with Gasteiger partial charge >= 0.3 is 0 Å². The molecule has 0 saturated carbocycles. The number of hydrogen-bond acceptors (Lipinski definition) is 1. The maximum atomic E-state index is 6.34. The van der Waals surface area contributed by atoms with Crippen LogP contribution in [0.25, 0.3) is 0 Å². The van der Waals surface area contributed by atoms with Crippen molar-refractivity contribution < 1.29 is 0 Å². The molecule has 2 aromatic carbocycles. The van der Waals surface area contributed by atoms with E-state index in [1.165, 1.54) is 22.3 Å². The minimum absolute atomic E-state index is 0.0152. The fourth-order valence-electron chi connectivity index (χ4n) is 5.01. The first-order chi connectivity index (χ1) is 10.6. The zero-order valence-electron chi connectivity index (χ0n) is 13.5. The number of benzene rings is 2. The van der Waals surface area contributed by atoms with Crippen molar-refractivity contribution in [1.82, 2.24) is 4.90 Å². The van der Waals surface area contributed by atoms with Crippen molar-refractivity contribution in [3.63, 3.8) is 0 Å². The van der Waals surface area contributed by atoms with E-state index in [9.17, 15) is 0 Å². The highest BCUT2D eigenvalue weighted by Crippen LogP contribution is 2.64. The Morgan fingerprint density at radius 1 is 0.955 bits per heavy atom. The average molecular weight is 312 g/mol. The Labute approximate surface area is 137 Å². The minimum atomic E-state index is -0.0527. The molecule has 0 spiro atoms. The van der Waals surface area contributed by atoms with Crippen LogP contribution in [-0.2, 0) is 11.1 Å². The van der Waals surface area contributed by atoms with Crippen LogP contribution in [0.2, 0.25) is 5.02 Å². The van der Waals surface area contributed by atoms with Crippen LogP contribution in [0.3, 0.4) is 0 Å². The zero-order valence-corrected chi connectivity index (χ0v) is 14.2. The molecule has 2 aliphatic rings. The van der Waals surface area contributed by atoms with Crippen LogP contribution in [0.15, 0.2) is 42.5 Å². The molecule has 0 N–H and O–H groups in total. The van der Waals surface area contributed by atoms with Crippen molar-refractivity contribution in [2.75, 3.05) is 6.54 Å². The normalized spacial score (nSPS) is 28.7. The van der Waals surface area contributed by atoms with Gasteiger partial charge < -0.3 is 0 Å². The van der Waals surface area contributed by atoms with Gasteiger partial charge in [0.1, 0.15) is 0 Å². The van der Waals surface area contributed by atoms with Crippen LogP contribution in [0.1, 0.15) is 55.9 Å². The zero-order chi connectivity index (χ0) is 15.5. The summed E-state index contributed by atoms with van der Waals surface area (Å²) in [6, 6.07) is 15.5. The van der Waals surface area contributed by atoms with Crippen LogP contribution < -0.4 is 0 Å². The predicted molar refractivity (Wildman–Crippen MR) is 92.4 cm³/mol. The van der Waals surface area contributed by atoms with E-state index in [0.29, 0.717) is 0 Å². The minimum Gasteiger partial charge on any atom is -0.276 e. The van der Waals surface area contributed by atoms with Gasteiger partial charge in [-0.1, -0.05) is 55.8 Å². The van der Waals surface area contributed by atoms with Crippen LogP contribution >= 0.6 is 11.6 Å². The van der Waals surface area contributed by atoms with Gasteiger partial charge in [-0.2, -0.15) is 0 Å². The van der Waals surface area contributed by atoms with Gasteiger partial charge in [0.2, 0.25) is 0 Å². The number of nitrogens with zero attached hydrogens (tertiary/aromatic N) is 1. The molecule has 1 nitrogen and oxygen atoms in total. The highest BCUT2D eigenvalue weighted by atomic mass is 35.5. The van der Waals surface area contributed by atoms with E-state index in [-0.39, 0.29) is 11.1 Å². The fraction of sp³-hybridized carbons (Fsp3) is 0.400. The second-order valence-electron chi connectivity index (χ2n) is 6.67. The lowest BCUT2D eigenvalue weighted by molar-refractivity contribution is 0.0827. The van der Waals surface area contributed by atoms with Gasteiger partial charge in [0.05, 0.1) is 11.1 Å². The molecule has 2 unspecified atom stereocenters. The number of halogens is 1. The molecule has 0 saturated heterocycles. The third-order valence-electron chi connectivity index (χ3n) is 5.81. The Morgan fingerprint density at radius 2 is 1.64 bits per heavy atom. The molecule has 0 aromatic heterocycles. The Balaban J connectivity index is 2.10. The van der Waals surface area contributed by atoms with E-state index in [4.69, 9.17) is 11.6 Å². The van der Waals surface area contributed by atoms with E-state index in [2.05, 4.69) is 68.1 Å². The fourth-order valence-corrected chi connectivity index (χ4v) is 5.18. The van der Waals surface area contributed by atoms with E-state index in [0.717, 1.165) is 24.4 Å². The van der Waals surface area contributed by atoms with E-state index in [1.54, 1.807) is 0 Å². The van der Waals surface area contributed by atoms with Gasteiger partial charge in [0, 0.05) is 11.6 Å². The number of rotatable bonds is 3. The molecular formula is C20H22ClN. The second-order valence-corrected chi connectivity index (χ2v) is 7.11. The quantitative estimate of drug-likeness (QED) is 0.744. The van der Waals surface area contributed by atoms with Crippen molar-refractivity contribution in [2.45, 2.75) is 44.7 Å². The van der Waals surface area contributed by atoms with E-state index < -0.39 is 0 Å². The third-order valence-corrected chi connectivity index (χ3v) is 6.04. The molecule has 0 aliphatic carbocycles. The lowest BCUT2D eigenvalue weighted by Gasteiger charge is -2.38. The highest BCUT2D eigenvalue weighted by Gasteiger charge is 2.63. The monoisotopic (exact) mass is 311 g/mol. The van der Waals surface area contributed by atoms with Crippen LogP contribution in [0, 0.1) is 0 Å². The molecule has 2 heterocycles. The maximum Gasteiger partial charge on any atom is 0.0729 e. The van der Waals surface area contributed by atoms with Gasteiger partial charge in [0.25, 0.3) is 0 Å². The van der Waals surface area contributed by atoms with E-state index >= 15 is 0 Å². The van der Waals surface area contributed by atoms with Crippen LogP contribution in [0.4, 0.5) is 0 Å². The molecule has 0 radical (unpaired) electrons.